The first-order valence-corrected chi connectivity index (χ1v) is 11.6. The van der Waals surface area contributed by atoms with Crippen LogP contribution < -0.4 is 9.47 Å². The molecule has 1 unspecified atom stereocenters. The Morgan fingerprint density at radius 1 is 1.22 bits per heavy atom. The van der Waals surface area contributed by atoms with Crippen LogP contribution in [0.5, 0.6) is 17.2 Å². The lowest BCUT2D eigenvalue weighted by atomic mass is 9.93. The number of phenols is 1. The Bertz CT molecular complexity index is 1410. The first kappa shape index (κ1) is 23.3. The number of aromatic amines is 1. The van der Waals surface area contributed by atoms with E-state index in [4.69, 9.17) is 13.9 Å². The Labute approximate surface area is 208 Å². The first-order chi connectivity index (χ1) is 17.4. The summed E-state index contributed by atoms with van der Waals surface area (Å²) in [5.41, 5.74) is 4.81. The molecule has 0 bridgehead atoms. The molecule has 2 aromatic heterocycles. The van der Waals surface area contributed by atoms with Crippen LogP contribution in [0.1, 0.15) is 44.5 Å². The number of fused-ring (bicyclic) bond motifs is 1. The third-order valence-electron chi connectivity index (χ3n) is 6.33. The maximum absolute atomic E-state index is 13.6. The Morgan fingerprint density at radius 3 is 2.75 bits per heavy atom. The second kappa shape index (κ2) is 9.30. The molecule has 0 aliphatic carbocycles. The molecule has 4 aromatic rings. The third kappa shape index (κ3) is 3.90. The molecule has 2 N–H and O–H groups in total. The molecule has 184 valence electrons. The molecule has 1 atom stereocenters. The van der Waals surface area contributed by atoms with Crippen LogP contribution in [-0.2, 0) is 6.54 Å². The highest BCUT2D eigenvalue weighted by atomic mass is 16.5. The minimum atomic E-state index is -0.506. The fraction of sp³-hybridized carbons (Fsp3) is 0.214. The summed E-state index contributed by atoms with van der Waals surface area (Å²) in [4.78, 5) is 15.3. The number of aromatic hydroxyl groups is 1. The van der Waals surface area contributed by atoms with Gasteiger partial charge in [-0.2, -0.15) is 5.10 Å². The average Bonchev–Trinajstić information content (AvgIpc) is 3.57. The lowest BCUT2D eigenvalue weighted by Crippen LogP contribution is -2.29. The maximum Gasteiger partial charge on any atom is 0.273 e. The van der Waals surface area contributed by atoms with Crippen LogP contribution in [0.3, 0.4) is 0 Å². The van der Waals surface area contributed by atoms with Crippen LogP contribution in [0.25, 0.3) is 11.3 Å². The number of nitrogens with zero attached hydrogens (tertiary/aromatic N) is 2. The molecule has 0 saturated heterocycles. The van der Waals surface area contributed by atoms with Gasteiger partial charge in [-0.05, 0) is 60.9 Å². The second-order valence-corrected chi connectivity index (χ2v) is 8.76. The lowest BCUT2D eigenvalue weighted by Gasteiger charge is -2.26. The van der Waals surface area contributed by atoms with Gasteiger partial charge in [0.2, 0.25) is 0 Å². The topological polar surface area (TPSA) is 101 Å². The van der Waals surface area contributed by atoms with Gasteiger partial charge in [-0.1, -0.05) is 24.8 Å². The number of amides is 1. The lowest BCUT2D eigenvalue weighted by molar-refractivity contribution is 0.0717. The van der Waals surface area contributed by atoms with Crippen LogP contribution >= 0.6 is 0 Å². The summed E-state index contributed by atoms with van der Waals surface area (Å²) in [6.07, 6.45) is 3.24. The van der Waals surface area contributed by atoms with E-state index in [-0.39, 0.29) is 18.2 Å². The van der Waals surface area contributed by atoms with Gasteiger partial charge < -0.3 is 23.9 Å². The van der Waals surface area contributed by atoms with Crippen molar-refractivity contribution >= 4 is 5.91 Å². The Kier molecular flexibility index (Phi) is 6.01. The molecule has 1 aliphatic heterocycles. The van der Waals surface area contributed by atoms with Crippen molar-refractivity contribution < 1.29 is 23.8 Å². The minimum absolute atomic E-state index is 0.114. The number of benzene rings is 2. The van der Waals surface area contributed by atoms with E-state index in [0.29, 0.717) is 46.4 Å². The van der Waals surface area contributed by atoms with Crippen LogP contribution in [-0.4, -0.2) is 39.8 Å². The number of methoxy groups -OCH3 is 1. The van der Waals surface area contributed by atoms with E-state index in [2.05, 4.69) is 16.8 Å². The van der Waals surface area contributed by atoms with E-state index in [1.807, 2.05) is 44.2 Å². The SMILES string of the molecule is C=CCOc1ccc(C2c3c(-c4c(C)cc(C)cc4O)n[nH]c3C(=O)N2Cc2ccco2)cc1OC. The summed E-state index contributed by atoms with van der Waals surface area (Å²) in [5.74, 6) is 1.67. The van der Waals surface area contributed by atoms with Crippen molar-refractivity contribution in [1.29, 1.82) is 0 Å². The van der Waals surface area contributed by atoms with Gasteiger partial charge in [-0.3, -0.25) is 9.89 Å². The zero-order valence-electron chi connectivity index (χ0n) is 20.4. The number of nitrogens with one attached hydrogen (secondary N) is 1. The van der Waals surface area contributed by atoms with Gasteiger partial charge in [0.1, 0.15) is 29.5 Å². The number of aromatic nitrogens is 2. The number of ether oxygens (including phenoxy) is 2. The van der Waals surface area contributed by atoms with Crippen LogP contribution in [0.2, 0.25) is 0 Å². The molecule has 3 heterocycles. The molecule has 8 nitrogen and oxygen atoms in total. The molecule has 0 spiro atoms. The smallest absolute Gasteiger partial charge is 0.273 e. The average molecular weight is 486 g/mol. The number of hydrogen-bond acceptors (Lipinski definition) is 6. The number of aryl methyl sites for hydroxylation is 2. The quantitative estimate of drug-likeness (QED) is 0.328. The Balaban J connectivity index is 1.68. The monoisotopic (exact) mass is 485 g/mol. The van der Waals surface area contributed by atoms with Crippen molar-refractivity contribution in [3.63, 3.8) is 0 Å². The van der Waals surface area contributed by atoms with E-state index < -0.39 is 6.04 Å². The fourth-order valence-electron chi connectivity index (χ4n) is 4.84. The van der Waals surface area contributed by atoms with E-state index in [1.54, 1.807) is 36.5 Å². The zero-order valence-corrected chi connectivity index (χ0v) is 20.4. The number of hydrogen-bond donors (Lipinski definition) is 2. The fourth-order valence-corrected chi connectivity index (χ4v) is 4.84. The van der Waals surface area contributed by atoms with E-state index in [1.165, 1.54) is 0 Å². The van der Waals surface area contributed by atoms with Gasteiger partial charge in [0.05, 0.1) is 26.0 Å². The standard InChI is InChI=1S/C28H27N3O5/c1-5-10-36-21-9-8-18(14-22(21)34-4)27-24-25(23-17(3)12-16(2)13-20(23)32)29-30-26(24)28(33)31(27)15-19-7-6-11-35-19/h5-9,11-14,27,32H,1,10,15H2,2-4H3,(H,29,30). The van der Waals surface area contributed by atoms with Gasteiger partial charge in [0.15, 0.2) is 11.5 Å². The largest absolute Gasteiger partial charge is 0.507 e. The molecule has 1 amide bonds. The molecule has 0 radical (unpaired) electrons. The molecule has 0 saturated carbocycles. The number of carbonyl (C=O) groups is 1. The van der Waals surface area contributed by atoms with E-state index >= 15 is 0 Å². The van der Waals surface area contributed by atoms with E-state index in [9.17, 15) is 9.90 Å². The molecule has 2 aromatic carbocycles. The summed E-state index contributed by atoms with van der Waals surface area (Å²) in [5, 5.41) is 18.3. The predicted octanol–water partition coefficient (Wildman–Crippen LogP) is 5.31. The molecule has 0 fully saturated rings. The van der Waals surface area contributed by atoms with Gasteiger partial charge in [0.25, 0.3) is 5.91 Å². The van der Waals surface area contributed by atoms with Crippen LogP contribution in [0.4, 0.5) is 0 Å². The van der Waals surface area contributed by atoms with Crippen molar-refractivity contribution in [1.82, 2.24) is 15.1 Å². The van der Waals surface area contributed by atoms with Crippen LogP contribution in [0, 0.1) is 13.8 Å². The van der Waals surface area contributed by atoms with Gasteiger partial charge in [-0.15, -0.1) is 0 Å². The summed E-state index contributed by atoms with van der Waals surface area (Å²) >= 11 is 0. The highest BCUT2D eigenvalue weighted by Gasteiger charge is 2.43. The molecular formula is C28H27N3O5. The molecular weight excluding hydrogens is 458 g/mol. The number of carbonyl (C=O) groups excluding carboxylic acids is 1. The highest BCUT2D eigenvalue weighted by Crippen LogP contribution is 2.47. The highest BCUT2D eigenvalue weighted by molar-refractivity contribution is 6.00. The third-order valence-corrected chi connectivity index (χ3v) is 6.33. The van der Waals surface area contributed by atoms with E-state index in [0.717, 1.165) is 16.7 Å². The maximum atomic E-state index is 13.6. The van der Waals surface area contributed by atoms with Crippen LogP contribution in [0.15, 0.2) is 65.8 Å². The summed E-state index contributed by atoms with van der Waals surface area (Å²) in [7, 11) is 1.57. The van der Waals surface area contributed by atoms with Crippen molar-refractivity contribution in [3.05, 3.63) is 95.1 Å². The van der Waals surface area contributed by atoms with Crippen molar-refractivity contribution in [2.75, 3.05) is 13.7 Å². The van der Waals surface area contributed by atoms with Crippen molar-refractivity contribution in [2.24, 2.45) is 0 Å². The summed E-state index contributed by atoms with van der Waals surface area (Å²) in [6, 6.07) is 12.4. The number of furan rings is 1. The Morgan fingerprint density at radius 2 is 2.06 bits per heavy atom. The van der Waals surface area contributed by atoms with Crippen molar-refractivity contribution in [2.45, 2.75) is 26.4 Å². The van der Waals surface area contributed by atoms with Gasteiger partial charge in [-0.25, -0.2) is 0 Å². The van der Waals surface area contributed by atoms with Gasteiger partial charge in [0, 0.05) is 11.1 Å². The molecule has 36 heavy (non-hydrogen) atoms. The number of H-pyrrole nitrogens is 1. The summed E-state index contributed by atoms with van der Waals surface area (Å²) < 4.78 is 16.9. The van der Waals surface area contributed by atoms with Gasteiger partial charge >= 0.3 is 0 Å². The predicted molar refractivity (Wildman–Crippen MR) is 134 cm³/mol. The molecule has 5 rings (SSSR count). The normalized spacial score (nSPS) is 14.7. The number of rotatable bonds is 8. The minimum Gasteiger partial charge on any atom is -0.507 e. The summed E-state index contributed by atoms with van der Waals surface area (Å²) in [6.45, 7) is 8.13. The first-order valence-electron chi connectivity index (χ1n) is 11.6. The number of phenolic OH excluding ortho intramolecular Hbond substituents is 1. The Hall–Kier alpha value is -4.46. The van der Waals surface area contributed by atoms with Crippen molar-refractivity contribution in [3.8, 4) is 28.5 Å². The second-order valence-electron chi connectivity index (χ2n) is 8.76. The molecule has 1 aliphatic rings. The zero-order chi connectivity index (χ0) is 25.4. The molecule has 8 heteroatoms.